The largest absolute Gasteiger partial charge is 0.393 e. The van der Waals surface area contributed by atoms with Gasteiger partial charge in [-0.05, 0) is 45.4 Å². The van der Waals surface area contributed by atoms with Gasteiger partial charge in [0.1, 0.15) is 18.0 Å². The fourth-order valence-electron chi connectivity index (χ4n) is 2.56. The number of nitrogens with zero attached hydrogens (tertiary/aromatic N) is 2. The molecule has 3 N–H and O–H groups in total. The van der Waals surface area contributed by atoms with Crippen molar-refractivity contribution in [2.24, 2.45) is 5.92 Å². The summed E-state index contributed by atoms with van der Waals surface area (Å²) in [4.78, 5) is 8.55. The minimum Gasteiger partial charge on any atom is -0.393 e. The zero-order valence-electron chi connectivity index (χ0n) is 11.8. The number of hydrogen-bond donors (Lipinski definition) is 3. The van der Waals surface area contributed by atoms with Crippen LogP contribution in [0.15, 0.2) is 6.33 Å². The Balaban J connectivity index is 1.90. The Morgan fingerprint density at radius 3 is 2.42 bits per heavy atom. The zero-order valence-corrected chi connectivity index (χ0v) is 11.8. The Morgan fingerprint density at radius 1 is 1.16 bits per heavy atom. The highest BCUT2D eigenvalue weighted by atomic mass is 16.3. The van der Waals surface area contributed by atoms with Gasteiger partial charge in [-0.1, -0.05) is 0 Å². The molecule has 2 rings (SSSR count). The summed E-state index contributed by atoms with van der Waals surface area (Å²) in [7, 11) is 0. The summed E-state index contributed by atoms with van der Waals surface area (Å²) in [6.45, 7) is 5.88. The minimum atomic E-state index is -0.0857. The van der Waals surface area contributed by atoms with Gasteiger partial charge in [0.15, 0.2) is 0 Å². The predicted molar refractivity (Wildman–Crippen MR) is 77.4 cm³/mol. The first-order valence-electron chi connectivity index (χ1n) is 7.18. The maximum absolute atomic E-state index is 9.50. The molecule has 0 spiro atoms. The van der Waals surface area contributed by atoms with Crippen LogP contribution in [0.25, 0.3) is 0 Å². The van der Waals surface area contributed by atoms with E-state index in [0.717, 1.165) is 56.0 Å². The highest BCUT2D eigenvalue weighted by molar-refractivity contribution is 5.56. The molecule has 1 aromatic heterocycles. The second kappa shape index (κ2) is 6.70. The van der Waals surface area contributed by atoms with Crippen LogP contribution in [0.2, 0.25) is 0 Å². The molecule has 0 bridgehead atoms. The Bertz CT molecular complexity index is 402. The van der Waals surface area contributed by atoms with Gasteiger partial charge in [0, 0.05) is 18.7 Å². The molecule has 1 saturated carbocycles. The van der Waals surface area contributed by atoms with Gasteiger partial charge in [-0.25, -0.2) is 9.97 Å². The van der Waals surface area contributed by atoms with Crippen molar-refractivity contribution in [3.8, 4) is 0 Å². The summed E-state index contributed by atoms with van der Waals surface area (Å²) >= 11 is 0. The predicted octanol–water partition coefficient (Wildman–Crippen LogP) is 2.18. The molecule has 0 aromatic carbocycles. The molecular weight excluding hydrogens is 240 g/mol. The number of hydrogen-bond acceptors (Lipinski definition) is 5. The van der Waals surface area contributed by atoms with E-state index in [1.54, 1.807) is 6.33 Å². The molecule has 0 saturated heterocycles. The first-order valence-corrected chi connectivity index (χ1v) is 7.18. The maximum atomic E-state index is 9.50. The van der Waals surface area contributed by atoms with E-state index in [4.69, 9.17) is 0 Å². The third-order valence-corrected chi connectivity index (χ3v) is 3.80. The molecule has 106 valence electrons. The van der Waals surface area contributed by atoms with Crippen molar-refractivity contribution in [1.82, 2.24) is 9.97 Å². The topological polar surface area (TPSA) is 70.1 Å². The average Bonchev–Trinajstić information content (AvgIpc) is 2.42. The minimum absolute atomic E-state index is 0.0857. The van der Waals surface area contributed by atoms with Crippen molar-refractivity contribution < 1.29 is 5.11 Å². The van der Waals surface area contributed by atoms with Crippen molar-refractivity contribution in [1.29, 1.82) is 0 Å². The van der Waals surface area contributed by atoms with Crippen molar-refractivity contribution >= 4 is 11.6 Å². The first-order chi connectivity index (χ1) is 9.20. The van der Waals surface area contributed by atoms with E-state index in [0.29, 0.717) is 5.92 Å². The normalized spacial score (nSPS) is 23.1. The van der Waals surface area contributed by atoms with Gasteiger partial charge in [0.05, 0.1) is 6.10 Å². The van der Waals surface area contributed by atoms with Crippen molar-refractivity contribution in [3.63, 3.8) is 0 Å². The fraction of sp³-hybridized carbons (Fsp3) is 0.714. The van der Waals surface area contributed by atoms with Crippen LogP contribution in [0.5, 0.6) is 0 Å². The summed E-state index contributed by atoms with van der Waals surface area (Å²) in [6, 6.07) is 0. The molecule has 5 heteroatoms. The standard InChI is InChI=1S/C14H24N4O/c1-3-15-13-10(2)14(18-9-17-13)16-8-11-4-6-12(19)7-5-11/h9,11-12,19H,3-8H2,1-2H3,(H2,15,16,17,18). The van der Waals surface area contributed by atoms with E-state index in [9.17, 15) is 5.11 Å². The quantitative estimate of drug-likeness (QED) is 0.760. The zero-order chi connectivity index (χ0) is 13.7. The van der Waals surface area contributed by atoms with Crippen LogP contribution >= 0.6 is 0 Å². The molecule has 1 fully saturated rings. The summed E-state index contributed by atoms with van der Waals surface area (Å²) in [5, 5.41) is 16.2. The highest BCUT2D eigenvalue weighted by Crippen LogP contribution is 2.25. The second-order valence-electron chi connectivity index (χ2n) is 5.28. The fourth-order valence-corrected chi connectivity index (χ4v) is 2.56. The second-order valence-corrected chi connectivity index (χ2v) is 5.28. The van der Waals surface area contributed by atoms with Gasteiger partial charge in [0.25, 0.3) is 0 Å². The first kappa shape index (κ1) is 14.1. The molecule has 0 unspecified atom stereocenters. The van der Waals surface area contributed by atoms with Crippen molar-refractivity contribution in [2.45, 2.75) is 45.6 Å². The molecule has 0 amide bonds. The van der Waals surface area contributed by atoms with Gasteiger partial charge in [-0.2, -0.15) is 0 Å². The summed E-state index contributed by atoms with van der Waals surface area (Å²) in [5.74, 6) is 2.46. The third-order valence-electron chi connectivity index (χ3n) is 3.80. The van der Waals surface area contributed by atoms with Crippen LogP contribution in [0.1, 0.15) is 38.2 Å². The van der Waals surface area contributed by atoms with Crippen molar-refractivity contribution in [3.05, 3.63) is 11.9 Å². The molecule has 19 heavy (non-hydrogen) atoms. The Morgan fingerprint density at radius 2 is 1.79 bits per heavy atom. The van der Waals surface area contributed by atoms with Crippen LogP contribution in [-0.2, 0) is 0 Å². The lowest BCUT2D eigenvalue weighted by molar-refractivity contribution is 0.111. The lowest BCUT2D eigenvalue weighted by Gasteiger charge is -2.25. The Hall–Kier alpha value is -1.36. The Labute approximate surface area is 114 Å². The molecule has 1 heterocycles. The van der Waals surface area contributed by atoms with Crippen molar-refractivity contribution in [2.75, 3.05) is 23.7 Å². The van der Waals surface area contributed by atoms with E-state index in [1.807, 2.05) is 6.92 Å². The van der Waals surface area contributed by atoms with E-state index in [2.05, 4.69) is 27.5 Å². The van der Waals surface area contributed by atoms with Crippen LogP contribution in [0, 0.1) is 12.8 Å². The number of anilines is 2. The number of nitrogens with one attached hydrogen (secondary N) is 2. The lowest BCUT2D eigenvalue weighted by atomic mass is 9.87. The third kappa shape index (κ3) is 3.80. The Kier molecular flexibility index (Phi) is 4.96. The highest BCUT2D eigenvalue weighted by Gasteiger charge is 2.19. The molecule has 1 aliphatic carbocycles. The molecule has 0 atom stereocenters. The molecular formula is C14H24N4O. The van der Waals surface area contributed by atoms with Crippen LogP contribution in [-0.4, -0.2) is 34.3 Å². The molecule has 0 aliphatic heterocycles. The van der Waals surface area contributed by atoms with E-state index in [1.165, 1.54) is 0 Å². The number of aliphatic hydroxyl groups excluding tert-OH is 1. The summed E-state index contributed by atoms with van der Waals surface area (Å²) < 4.78 is 0. The van der Waals surface area contributed by atoms with Crippen LogP contribution in [0.3, 0.4) is 0 Å². The van der Waals surface area contributed by atoms with Gasteiger partial charge in [-0.3, -0.25) is 0 Å². The molecule has 1 aliphatic rings. The van der Waals surface area contributed by atoms with Gasteiger partial charge < -0.3 is 15.7 Å². The van der Waals surface area contributed by atoms with Gasteiger partial charge in [0.2, 0.25) is 0 Å². The SMILES string of the molecule is CCNc1ncnc(NCC2CCC(O)CC2)c1C. The number of rotatable bonds is 5. The molecule has 5 nitrogen and oxygen atoms in total. The summed E-state index contributed by atoms with van der Waals surface area (Å²) in [5.41, 5.74) is 1.07. The molecule has 0 radical (unpaired) electrons. The van der Waals surface area contributed by atoms with Gasteiger partial charge >= 0.3 is 0 Å². The number of aliphatic hydroxyl groups is 1. The van der Waals surface area contributed by atoms with E-state index in [-0.39, 0.29) is 6.10 Å². The van der Waals surface area contributed by atoms with Crippen LogP contribution < -0.4 is 10.6 Å². The van der Waals surface area contributed by atoms with Crippen LogP contribution in [0.4, 0.5) is 11.6 Å². The van der Waals surface area contributed by atoms with E-state index < -0.39 is 0 Å². The average molecular weight is 264 g/mol. The smallest absolute Gasteiger partial charge is 0.134 e. The summed E-state index contributed by atoms with van der Waals surface area (Å²) in [6.07, 6.45) is 5.56. The van der Waals surface area contributed by atoms with E-state index >= 15 is 0 Å². The molecule has 1 aromatic rings. The maximum Gasteiger partial charge on any atom is 0.134 e. The van der Waals surface area contributed by atoms with Gasteiger partial charge in [-0.15, -0.1) is 0 Å². The number of aromatic nitrogens is 2. The lowest BCUT2D eigenvalue weighted by Crippen LogP contribution is -2.24. The monoisotopic (exact) mass is 264 g/mol.